The van der Waals surface area contributed by atoms with E-state index >= 15 is 0 Å². The van der Waals surface area contributed by atoms with E-state index in [0.29, 0.717) is 25.5 Å². The summed E-state index contributed by atoms with van der Waals surface area (Å²) in [6, 6.07) is 14.6. The first-order chi connectivity index (χ1) is 13.0. The molecular formula is C20H27N2O4S+. The van der Waals surface area contributed by atoms with Crippen LogP contribution in [0.1, 0.15) is 17.2 Å². The molecule has 1 aliphatic rings. The molecule has 3 rings (SSSR count). The number of nitrogens with one attached hydrogen (secondary N) is 2. The van der Waals surface area contributed by atoms with Crippen molar-refractivity contribution in [2.24, 2.45) is 0 Å². The largest absolute Gasteiger partial charge is 0.495 e. The van der Waals surface area contributed by atoms with Crippen molar-refractivity contribution in [3.05, 3.63) is 59.7 Å². The van der Waals surface area contributed by atoms with Crippen LogP contribution in [0.4, 0.5) is 0 Å². The van der Waals surface area contributed by atoms with Gasteiger partial charge in [0, 0.05) is 0 Å². The summed E-state index contributed by atoms with van der Waals surface area (Å²) in [6.45, 7) is 5.69. The lowest BCUT2D eigenvalue weighted by Crippen LogP contribution is -3.14. The summed E-state index contributed by atoms with van der Waals surface area (Å²) in [5.74, 6) is 0.346. The SMILES string of the molecule is COc1ccc(C)cc1S(=O)(=O)N[C@H](C[NH+]1CCOCC1)c1ccccc1. The van der Waals surface area contributed by atoms with E-state index in [4.69, 9.17) is 9.47 Å². The highest BCUT2D eigenvalue weighted by Crippen LogP contribution is 2.26. The second kappa shape index (κ2) is 8.84. The van der Waals surface area contributed by atoms with Gasteiger partial charge in [-0.3, -0.25) is 0 Å². The summed E-state index contributed by atoms with van der Waals surface area (Å²) >= 11 is 0. The van der Waals surface area contributed by atoms with Gasteiger partial charge in [0.2, 0.25) is 10.0 Å². The standard InChI is InChI=1S/C20H26N2O4S/c1-16-8-9-19(25-2)20(14-16)27(23,24)21-18(17-6-4-3-5-7-17)15-22-10-12-26-13-11-22/h3-9,14,18,21H,10-13,15H2,1-2H3/p+1/t18-/m1/s1. The second-order valence-corrected chi connectivity index (χ2v) is 8.49. The second-order valence-electron chi connectivity index (χ2n) is 6.81. The van der Waals surface area contributed by atoms with Crippen LogP contribution < -0.4 is 14.4 Å². The molecule has 6 nitrogen and oxygen atoms in total. The summed E-state index contributed by atoms with van der Waals surface area (Å²) in [7, 11) is -2.26. The molecule has 1 aliphatic heterocycles. The molecule has 27 heavy (non-hydrogen) atoms. The van der Waals surface area contributed by atoms with Crippen LogP contribution in [0.15, 0.2) is 53.4 Å². The van der Waals surface area contributed by atoms with Crippen LogP contribution in [0.3, 0.4) is 0 Å². The van der Waals surface area contributed by atoms with Crippen molar-refractivity contribution < 1.29 is 22.8 Å². The molecule has 0 radical (unpaired) electrons. The summed E-state index contributed by atoms with van der Waals surface area (Å²) in [6.07, 6.45) is 0. The summed E-state index contributed by atoms with van der Waals surface area (Å²) in [5, 5.41) is 0. The fourth-order valence-corrected chi connectivity index (χ4v) is 4.79. The Labute approximate surface area is 161 Å². The molecule has 7 heteroatoms. The van der Waals surface area contributed by atoms with Crippen LogP contribution in [0.25, 0.3) is 0 Å². The van der Waals surface area contributed by atoms with Crippen molar-refractivity contribution >= 4 is 10.0 Å². The zero-order chi connectivity index (χ0) is 19.3. The number of morpholine rings is 1. The first kappa shape index (κ1) is 19.8. The number of hydrogen-bond acceptors (Lipinski definition) is 4. The van der Waals surface area contributed by atoms with Crippen molar-refractivity contribution in [1.29, 1.82) is 0 Å². The van der Waals surface area contributed by atoms with Gasteiger partial charge in [-0.15, -0.1) is 0 Å². The molecular weight excluding hydrogens is 364 g/mol. The molecule has 1 fully saturated rings. The molecule has 1 saturated heterocycles. The van der Waals surface area contributed by atoms with E-state index in [9.17, 15) is 8.42 Å². The van der Waals surface area contributed by atoms with Gasteiger partial charge in [0.15, 0.2) is 0 Å². The van der Waals surface area contributed by atoms with Crippen LogP contribution >= 0.6 is 0 Å². The topological polar surface area (TPSA) is 69.1 Å². The number of rotatable bonds is 7. The Morgan fingerprint density at radius 3 is 2.52 bits per heavy atom. The monoisotopic (exact) mass is 391 g/mol. The quantitative estimate of drug-likeness (QED) is 0.737. The Kier molecular flexibility index (Phi) is 6.49. The Bertz CT molecular complexity index is 850. The lowest BCUT2D eigenvalue weighted by atomic mass is 10.1. The molecule has 0 saturated carbocycles. The molecule has 1 atom stereocenters. The lowest BCUT2D eigenvalue weighted by Gasteiger charge is -2.28. The summed E-state index contributed by atoms with van der Waals surface area (Å²) in [4.78, 5) is 1.50. The molecule has 0 bridgehead atoms. The van der Waals surface area contributed by atoms with Gasteiger partial charge >= 0.3 is 0 Å². The number of aryl methyl sites for hydroxylation is 1. The Morgan fingerprint density at radius 2 is 1.85 bits per heavy atom. The Hall–Kier alpha value is -1.93. The van der Waals surface area contributed by atoms with Crippen LogP contribution in [0.5, 0.6) is 5.75 Å². The lowest BCUT2D eigenvalue weighted by molar-refractivity contribution is -0.909. The number of benzene rings is 2. The summed E-state index contributed by atoms with van der Waals surface area (Å²) < 4.78 is 39.9. The van der Waals surface area contributed by atoms with Gasteiger partial charge in [-0.05, 0) is 30.2 Å². The van der Waals surface area contributed by atoms with Gasteiger partial charge in [-0.2, -0.15) is 4.72 Å². The predicted molar refractivity (Wildman–Crippen MR) is 104 cm³/mol. The highest BCUT2D eigenvalue weighted by molar-refractivity contribution is 7.89. The molecule has 2 aromatic rings. The highest BCUT2D eigenvalue weighted by atomic mass is 32.2. The number of hydrogen-bond donors (Lipinski definition) is 2. The van der Waals surface area contributed by atoms with Gasteiger partial charge in [0.1, 0.15) is 23.7 Å². The zero-order valence-corrected chi connectivity index (χ0v) is 16.6. The first-order valence-electron chi connectivity index (χ1n) is 9.13. The number of ether oxygens (including phenoxy) is 2. The van der Waals surface area contributed by atoms with E-state index < -0.39 is 10.0 Å². The zero-order valence-electron chi connectivity index (χ0n) is 15.8. The van der Waals surface area contributed by atoms with Gasteiger partial charge < -0.3 is 14.4 Å². The van der Waals surface area contributed by atoms with E-state index in [1.54, 1.807) is 12.1 Å². The van der Waals surface area contributed by atoms with Crippen molar-refractivity contribution in [3.63, 3.8) is 0 Å². The highest BCUT2D eigenvalue weighted by Gasteiger charge is 2.28. The summed E-state index contributed by atoms with van der Waals surface area (Å²) in [5.41, 5.74) is 1.82. The van der Waals surface area contributed by atoms with Crippen LogP contribution in [-0.2, 0) is 14.8 Å². The number of quaternary nitrogens is 1. The minimum atomic E-state index is -3.74. The third-order valence-electron chi connectivity index (χ3n) is 4.80. The van der Waals surface area contributed by atoms with Gasteiger partial charge in [-0.1, -0.05) is 36.4 Å². The minimum absolute atomic E-state index is 0.169. The molecule has 146 valence electrons. The predicted octanol–water partition coefficient (Wildman–Crippen LogP) is 0.938. The van der Waals surface area contributed by atoms with E-state index in [-0.39, 0.29) is 10.9 Å². The number of sulfonamides is 1. The molecule has 0 aliphatic carbocycles. The van der Waals surface area contributed by atoms with Crippen LogP contribution in [0.2, 0.25) is 0 Å². The maximum absolute atomic E-state index is 13.2. The van der Waals surface area contributed by atoms with Crippen molar-refractivity contribution in [1.82, 2.24) is 4.72 Å². The fourth-order valence-electron chi connectivity index (χ4n) is 3.31. The molecule has 0 aromatic heterocycles. The molecule has 0 amide bonds. The molecule has 0 unspecified atom stereocenters. The Morgan fingerprint density at radius 1 is 1.15 bits per heavy atom. The maximum Gasteiger partial charge on any atom is 0.245 e. The minimum Gasteiger partial charge on any atom is -0.495 e. The van der Waals surface area contributed by atoms with E-state index in [0.717, 1.165) is 24.2 Å². The molecule has 0 spiro atoms. The third kappa shape index (κ3) is 5.07. The third-order valence-corrected chi connectivity index (χ3v) is 6.29. The van der Waals surface area contributed by atoms with Gasteiger partial charge in [0.05, 0.1) is 32.9 Å². The molecule has 2 aromatic carbocycles. The van der Waals surface area contributed by atoms with E-state index in [1.165, 1.54) is 12.0 Å². The molecule has 1 heterocycles. The van der Waals surface area contributed by atoms with Crippen LogP contribution in [-0.4, -0.2) is 48.4 Å². The van der Waals surface area contributed by atoms with Gasteiger partial charge in [-0.25, -0.2) is 8.42 Å². The molecule has 2 N–H and O–H groups in total. The van der Waals surface area contributed by atoms with Crippen molar-refractivity contribution in [2.75, 3.05) is 40.0 Å². The first-order valence-corrected chi connectivity index (χ1v) is 10.6. The number of methoxy groups -OCH3 is 1. The average molecular weight is 392 g/mol. The van der Waals surface area contributed by atoms with Crippen molar-refractivity contribution in [2.45, 2.75) is 17.9 Å². The fraction of sp³-hybridized carbons (Fsp3) is 0.400. The van der Waals surface area contributed by atoms with Gasteiger partial charge in [0.25, 0.3) is 0 Å². The Balaban J connectivity index is 1.89. The normalized spacial score (nSPS) is 16.8. The van der Waals surface area contributed by atoms with E-state index in [1.807, 2.05) is 43.3 Å². The van der Waals surface area contributed by atoms with Crippen LogP contribution in [0, 0.1) is 6.92 Å². The van der Waals surface area contributed by atoms with Crippen molar-refractivity contribution in [3.8, 4) is 5.75 Å². The maximum atomic E-state index is 13.2. The average Bonchev–Trinajstić information content (AvgIpc) is 2.69. The van der Waals surface area contributed by atoms with E-state index in [2.05, 4.69) is 4.72 Å². The smallest absolute Gasteiger partial charge is 0.245 e.